The topological polar surface area (TPSA) is 9.23 Å². The molecule has 186 valence electrons. The van der Waals surface area contributed by atoms with Crippen LogP contribution in [0.5, 0.6) is 0 Å². The Morgan fingerprint density at radius 1 is 0.800 bits per heavy atom. The third-order valence-corrected chi connectivity index (χ3v) is 5.32. The zero-order valence-corrected chi connectivity index (χ0v) is 18.9. The fourth-order valence-electron chi connectivity index (χ4n) is 3.46. The van der Waals surface area contributed by atoms with Gasteiger partial charge in [0.2, 0.25) is 0 Å². The van der Waals surface area contributed by atoms with Crippen molar-refractivity contribution >= 4 is 11.7 Å². The van der Waals surface area contributed by atoms with Crippen molar-refractivity contribution in [2.24, 2.45) is 0 Å². The molecule has 0 unspecified atom stereocenters. The molecule has 0 saturated carbocycles. The summed E-state index contributed by atoms with van der Waals surface area (Å²) >= 11 is 0. The first-order chi connectivity index (χ1) is 16.6. The highest BCUT2D eigenvalue weighted by Crippen LogP contribution is 2.32. The van der Waals surface area contributed by atoms with E-state index >= 15 is 0 Å². The second-order valence-corrected chi connectivity index (χ2v) is 8.04. The molecule has 0 N–H and O–H groups in total. The van der Waals surface area contributed by atoms with Crippen molar-refractivity contribution in [2.45, 2.75) is 39.0 Å². The molecule has 0 bridgehead atoms. The summed E-state index contributed by atoms with van der Waals surface area (Å²) < 4.78 is 98.9. The summed E-state index contributed by atoms with van der Waals surface area (Å²) in [5.41, 5.74) is 0.911. The van der Waals surface area contributed by atoms with Crippen molar-refractivity contribution in [3.8, 4) is 11.1 Å². The van der Waals surface area contributed by atoms with E-state index in [1.165, 1.54) is 30.3 Å². The summed E-state index contributed by atoms with van der Waals surface area (Å²) in [7, 11) is 0. The zero-order valence-electron chi connectivity index (χ0n) is 18.9. The third kappa shape index (κ3) is 7.18. The summed E-state index contributed by atoms with van der Waals surface area (Å²) in [6.07, 6.45) is -1.85. The maximum atomic E-state index is 14.7. The molecule has 0 saturated heterocycles. The molecule has 0 aromatic heterocycles. The molecule has 0 fully saturated rings. The Kier molecular flexibility index (Phi) is 8.72. The molecule has 0 amide bonds. The molecule has 35 heavy (non-hydrogen) atoms. The fraction of sp³-hybridized carbons (Fsp3) is 0.259. The number of rotatable bonds is 9. The average Bonchev–Trinajstić information content (AvgIpc) is 2.82. The first-order valence-corrected chi connectivity index (χ1v) is 11.0. The van der Waals surface area contributed by atoms with Crippen LogP contribution >= 0.6 is 0 Å². The minimum absolute atomic E-state index is 0.135. The largest absolute Gasteiger partial charge is 0.411 e. The van der Waals surface area contributed by atoms with Crippen LogP contribution in [0.15, 0.2) is 60.7 Å². The Balaban J connectivity index is 1.76. The maximum absolute atomic E-state index is 14.7. The molecule has 3 aromatic carbocycles. The number of aryl methyl sites for hydroxylation is 1. The Morgan fingerprint density at radius 2 is 1.46 bits per heavy atom. The SMILES string of the molecule is CCCCc1ccc(-c2ccc(/C(F)=C(/F)c3ccc(COCC(F)(F)F)c(F)c3)cc2)c(F)c1. The van der Waals surface area contributed by atoms with Gasteiger partial charge in [-0.25, -0.2) is 17.6 Å². The molecule has 3 rings (SSSR count). The van der Waals surface area contributed by atoms with Crippen LogP contribution in [0, 0.1) is 11.6 Å². The van der Waals surface area contributed by atoms with Crippen LogP contribution < -0.4 is 0 Å². The van der Waals surface area contributed by atoms with E-state index in [9.17, 15) is 30.7 Å². The summed E-state index contributed by atoms with van der Waals surface area (Å²) in [6.45, 7) is -0.178. The van der Waals surface area contributed by atoms with Gasteiger partial charge >= 0.3 is 6.18 Å². The van der Waals surface area contributed by atoms with Gasteiger partial charge in [0.05, 0.1) is 6.61 Å². The molecule has 0 aliphatic carbocycles. The standard InChI is InChI=1S/C27H23F7O/c1-2-3-4-17-5-12-22(24(29)13-17)18-6-8-19(9-7-18)25(30)26(31)20-10-11-21(23(28)14-20)15-35-16-27(32,33)34/h5-14H,2-4,15-16H2,1H3/b26-25-. The van der Waals surface area contributed by atoms with E-state index in [0.717, 1.165) is 37.0 Å². The third-order valence-electron chi connectivity index (χ3n) is 5.32. The number of hydrogen-bond donors (Lipinski definition) is 0. The quantitative estimate of drug-likeness (QED) is 0.212. The Hall–Kier alpha value is -3.13. The van der Waals surface area contributed by atoms with Crippen LogP contribution in [0.3, 0.4) is 0 Å². The van der Waals surface area contributed by atoms with E-state index in [1.807, 2.05) is 13.0 Å². The second kappa shape index (κ2) is 11.5. The molecule has 0 radical (unpaired) electrons. The average molecular weight is 496 g/mol. The summed E-state index contributed by atoms with van der Waals surface area (Å²) in [6, 6.07) is 13.2. The van der Waals surface area contributed by atoms with Gasteiger partial charge in [-0.1, -0.05) is 61.9 Å². The number of halogens is 7. The maximum Gasteiger partial charge on any atom is 0.411 e. The monoisotopic (exact) mass is 496 g/mol. The molecule has 0 spiro atoms. The van der Waals surface area contributed by atoms with Gasteiger partial charge in [-0.05, 0) is 36.1 Å². The fourth-order valence-corrected chi connectivity index (χ4v) is 3.46. The molecule has 1 nitrogen and oxygen atoms in total. The molecule has 0 atom stereocenters. The highest BCUT2D eigenvalue weighted by molar-refractivity contribution is 5.83. The lowest BCUT2D eigenvalue weighted by atomic mass is 9.99. The lowest BCUT2D eigenvalue weighted by molar-refractivity contribution is -0.176. The number of hydrogen-bond acceptors (Lipinski definition) is 1. The van der Waals surface area contributed by atoms with Crippen LogP contribution in [-0.2, 0) is 17.8 Å². The van der Waals surface area contributed by atoms with Crippen molar-refractivity contribution < 1.29 is 35.5 Å². The van der Waals surface area contributed by atoms with Crippen molar-refractivity contribution in [3.05, 3.63) is 94.6 Å². The van der Waals surface area contributed by atoms with Crippen molar-refractivity contribution in [2.75, 3.05) is 6.61 Å². The first-order valence-electron chi connectivity index (χ1n) is 11.0. The van der Waals surface area contributed by atoms with Gasteiger partial charge < -0.3 is 4.74 Å². The summed E-state index contributed by atoms with van der Waals surface area (Å²) in [5, 5.41) is 0. The van der Waals surface area contributed by atoms with Crippen molar-refractivity contribution in [1.82, 2.24) is 0 Å². The molecule has 3 aromatic rings. The number of alkyl halides is 3. The predicted octanol–water partition coefficient (Wildman–Crippen LogP) is 8.82. The first kappa shape index (κ1) is 26.5. The number of benzene rings is 3. The van der Waals surface area contributed by atoms with E-state index < -0.39 is 48.2 Å². The van der Waals surface area contributed by atoms with Gasteiger partial charge in [-0.15, -0.1) is 0 Å². The summed E-state index contributed by atoms with van der Waals surface area (Å²) in [4.78, 5) is 0. The lowest BCUT2D eigenvalue weighted by Crippen LogP contribution is -2.17. The molecular formula is C27H23F7O. The van der Waals surface area contributed by atoms with Gasteiger partial charge in [0.25, 0.3) is 0 Å². The highest BCUT2D eigenvalue weighted by Gasteiger charge is 2.27. The van der Waals surface area contributed by atoms with Crippen LogP contribution in [0.2, 0.25) is 0 Å². The van der Waals surface area contributed by atoms with Gasteiger partial charge in [-0.2, -0.15) is 13.2 Å². The van der Waals surface area contributed by atoms with Gasteiger partial charge in [0.1, 0.15) is 18.2 Å². The van der Waals surface area contributed by atoms with Gasteiger partial charge in [0, 0.05) is 22.3 Å². The lowest BCUT2D eigenvalue weighted by Gasteiger charge is -2.10. The summed E-state index contributed by atoms with van der Waals surface area (Å²) in [5.74, 6) is -4.04. The Labute approximate surface area is 198 Å². The van der Waals surface area contributed by atoms with Gasteiger partial charge in [0.15, 0.2) is 11.7 Å². The van der Waals surface area contributed by atoms with E-state index in [0.29, 0.717) is 17.2 Å². The predicted molar refractivity (Wildman–Crippen MR) is 122 cm³/mol. The Bertz CT molecular complexity index is 1180. The van der Waals surface area contributed by atoms with Crippen LogP contribution in [-0.4, -0.2) is 12.8 Å². The minimum Gasteiger partial charge on any atom is -0.367 e. The Morgan fingerprint density at radius 3 is 2.06 bits per heavy atom. The number of ether oxygens (including phenoxy) is 1. The van der Waals surface area contributed by atoms with Crippen molar-refractivity contribution in [1.29, 1.82) is 0 Å². The van der Waals surface area contributed by atoms with E-state index in [1.54, 1.807) is 6.07 Å². The molecule has 0 aliphatic heterocycles. The molecule has 8 heteroatoms. The van der Waals surface area contributed by atoms with E-state index in [4.69, 9.17) is 0 Å². The normalized spacial score (nSPS) is 12.6. The zero-order chi connectivity index (χ0) is 25.6. The molecule has 0 aliphatic rings. The molecular weight excluding hydrogens is 473 g/mol. The second-order valence-electron chi connectivity index (χ2n) is 8.04. The molecule has 0 heterocycles. The number of unbranched alkanes of at least 4 members (excludes halogenated alkanes) is 1. The van der Waals surface area contributed by atoms with Crippen LogP contribution in [0.25, 0.3) is 22.8 Å². The van der Waals surface area contributed by atoms with E-state index in [-0.39, 0.29) is 11.1 Å². The van der Waals surface area contributed by atoms with Gasteiger partial charge in [-0.3, -0.25) is 0 Å². The highest BCUT2D eigenvalue weighted by atomic mass is 19.4. The van der Waals surface area contributed by atoms with Crippen LogP contribution in [0.4, 0.5) is 30.7 Å². The smallest absolute Gasteiger partial charge is 0.367 e. The van der Waals surface area contributed by atoms with Crippen LogP contribution in [0.1, 0.15) is 42.0 Å². The van der Waals surface area contributed by atoms with Crippen molar-refractivity contribution in [3.63, 3.8) is 0 Å². The minimum atomic E-state index is -4.56. The van der Waals surface area contributed by atoms with E-state index in [2.05, 4.69) is 4.74 Å².